The van der Waals surface area contributed by atoms with Crippen LogP contribution in [0.3, 0.4) is 0 Å². The van der Waals surface area contributed by atoms with E-state index in [4.69, 9.17) is 11.0 Å². The summed E-state index contributed by atoms with van der Waals surface area (Å²) in [6.45, 7) is 4.34. The van der Waals surface area contributed by atoms with Gasteiger partial charge in [0, 0.05) is 5.54 Å². The quantitative estimate of drug-likeness (QED) is 0.730. The summed E-state index contributed by atoms with van der Waals surface area (Å²) in [6.07, 6.45) is 1.02. The molecule has 0 radical (unpaired) electrons. The summed E-state index contributed by atoms with van der Waals surface area (Å²) in [5, 5.41) is 8.67. The van der Waals surface area contributed by atoms with Crippen molar-refractivity contribution < 1.29 is 0 Å². The van der Waals surface area contributed by atoms with Crippen LogP contribution in [0, 0.1) is 16.7 Å². The molecule has 2 rings (SSSR count). The highest BCUT2D eigenvalue weighted by molar-refractivity contribution is 5.39. The molecule has 0 amide bonds. The van der Waals surface area contributed by atoms with Crippen LogP contribution in [0.1, 0.15) is 31.4 Å². The van der Waals surface area contributed by atoms with Gasteiger partial charge in [0.15, 0.2) is 0 Å². The molecule has 0 aliphatic heterocycles. The first kappa shape index (κ1) is 9.23. The molecule has 1 atom stereocenters. The zero-order valence-electron chi connectivity index (χ0n) is 8.54. The van der Waals surface area contributed by atoms with E-state index >= 15 is 0 Å². The van der Waals surface area contributed by atoms with E-state index < -0.39 is 0 Å². The average molecular weight is 186 g/mol. The molecule has 2 N–H and O–H groups in total. The van der Waals surface area contributed by atoms with Crippen LogP contribution < -0.4 is 5.73 Å². The Hall–Kier alpha value is -1.33. The zero-order chi connectivity index (χ0) is 10.4. The SMILES string of the molecule is CC1(C)CC1(N)c1ccc(C#N)cc1. The molecule has 1 saturated carbocycles. The predicted octanol–water partition coefficient (Wildman–Crippen LogP) is 2.14. The number of hydrogen-bond acceptors (Lipinski definition) is 2. The zero-order valence-corrected chi connectivity index (χ0v) is 8.54. The fraction of sp³-hybridized carbons (Fsp3) is 0.417. The van der Waals surface area contributed by atoms with Crippen molar-refractivity contribution in [1.29, 1.82) is 5.26 Å². The molecule has 0 saturated heterocycles. The van der Waals surface area contributed by atoms with Crippen LogP contribution in [-0.2, 0) is 5.54 Å². The third-order valence-electron chi connectivity index (χ3n) is 3.33. The maximum Gasteiger partial charge on any atom is 0.0991 e. The Morgan fingerprint density at radius 3 is 2.14 bits per heavy atom. The molecule has 0 aromatic heterocycles. The molecule has 1 aromatic carbocycles. The third-order valence-corrected chi connectivity index (χ3v) is 3.33. The van der Waals surface area contributed by atoms with Gasteiger partial charge in [-0.15, -0.1) is 0 Å². The van der Waals surface area contributed by atoms with Crippen molar-refractivity contribution in [2.75, 3.05) is 0 Å². The lowest BCUT2D eigenvalue weighted by Crippen LogP contribution is -2.25. The van der Waals surface area contributed by atoms with Crippen molar-refractivity contribution in [3.8, 4) is 6.07 Å². The highest BCUT2D eigenvalue weighted by Gasteiger charge is 2.59. The number of nitrogens with two attached hydrogens (primary N) is 1. The van der Waals surface area contributed by atoms with Gasteiger partial charge in [-0.05, 0) is 29.5 Å². The minimum Gasteiger partial charge on any atom is -0.321 e. The summed E-state index contributed by atoms with van der Waals surface area (Å²) in [5.41, 5.74) is 8.10. The fourth-order valence-corrected chi connectivity index (χ4v) is 1.99. The van der Waals surface area contributed by atoms with Crippen LogP contribution in [0.25, 0.3) is 0 Å². The van der Waals surface area contributed by atoms with E-state index in [0.717, 1.165) is 12.0 Å². The maximum absolute atomic E-state index is 8.67. The van der Waals surface area contributed by atoms with E-state index in [2.05, 4.69) is 19.9 Å². The van der Waals surface area contributed by atoms with Crippen LogP contribution >= 0.6 is 0 Å². The summed E-state index contributed by atoms with van der Waals surface area (Å²) in [5.74, 6) is 0. The van der Waals surface area contributed by atoms with Gasteiger partial charge in [-0.3, -0.25) is 0 Å². The van der Waals surface area contributed by atoms with Gasteiger partial charge < -0.3 is 5.73 Å². The molecule has 0 bridgehead atoms. The number of benzene rings is 1. The Kier molecular flexibility index (Phi) is 1.71. The second-order valence-corrected chi connectivity index (χ2v) is 4.72. The van der Waals surface area contributed by atoms with E-state index in [9.17, 15) is 0 Å². The molecule has 2 nitrogen and oxygen atoms in total. The number of nitrogens with zero attached hydrogens (tertiary/aromatic N) is 1. The van der Waals surface area contributed by atoms with Gasteiger partial charge in [0.05, 0.1) is 11.6 Å². The Morgan fingerprint density at radius 2 is 1.79 bits per heavy atom. The lowest BCUT2D eigenvalue weighted by Gasteiger charge is -2.15. The van der Waals surface area contributed by atoms with Gasteiger partial charge in [-0.2, -0.15) is 5.26 Å². The van der Waals surface area contributed by atoms with Gasteiger partial charge in [-0.25, -0.2) is 0 Å². The Balaban J connectivity index is 2.33. The Labute approximate surface area is 84.3 Å². The molecular formula is C12H14N2. The van der Waals surface area contributed by atoms with Gasteiger partial charge in [0.1, 0.15) is 0 Å². The molecule has 1 aliphatic rings. The molecule has 1 aromatic rings. The highest BCUT2D eigenvalue weighted by atomic mass is 14.9. The molecule has 1 unspecified atom stereocenters. The van der Waals surface area contributed by atoms with Crippen molar-refractivity contribution in [3.63, 3.8) is 0 Å². The predicted molar refractivity (Wildman–Crippen MR) is 55.4 cm³/mol. The van der Waals surface area contributed by atoms with Gasteiger partial charge in [0.2, 0.25) is 0 Å². The molecule has 14 heavy (non-hydrogen) atoms. The summed E-state index contributed by atoms with van der Waals surface area (Å²) >= 11 is 0. The Morgan fingerprint density at radius 1 is 1.29 bits per heavy atom. The molecule has 2 heteroatoms. The van der Waals surface area contributed by atoms with Crippen LogP contribution in [-0.4, -0.2) is 0 Å². The smallest absolute Gasteiger partial charge is 0.0991 e. The maximum atomic E-state index is 8.67. The number of rotatable bonds is 1. The normalized spacial score (nSPS) is 28.1. The molecule has 0 spiro atoms. The first-order chi connectivity index (χ1) is 6.49. The first-order valence-electron chi connectivity index (χ1n) is 4.79. The van der Waals surface area contributed by atoms with Crippen molar-refractivity contribution >= 4 is 0 Å². The third kappa shape index (κ3) is 1.13. The lowest BCUT2D eigenvalue weighted by atomic mass is 9.96. The second-order valence-electron chi connectivity index (χ2n) is 4.72. The van der Waals surface area contributed by atoms with Gasteiger partial charge >= 0.3 is 0 Å². The number of hydrogen-bond donors (Lipinski definition) is 1. The van der Waals surface area contributed by atoms with Crippen LogP contribution in [0.4, 0.5) is 0 Å². The standard InChI is InChI=1S/C12H14N2/c1-11(2)8-12(11,14)10-5-3-9(7-13)4-6-10/h3-6H,8,14H2,1-2H3. The highest BCUT2D eigenvalue weighted by Crippen LogP contribution is 2.60. The van der Waals surface area contributed by atoms with Crippen molar-refractivity contribution in [1.82, 2.24) is 0 Å². The Bertz CT molecular complexity index is 397. The largest absolute Gasteiger partial charge is 0.321 e. The van der Waals surface area contributed by atoms with E-state index in [0.29, 0.717) is 5.56 Å². The number of nitriles is 1. The molecule has 1 aliphatic carbocycles. The van der Waals surface area contributed by atoms with Gasteiger partial charge in [-0.1, -0.05) is 26.0 Å². The van der Waals surface area contributed by atoms with Crippen LogP contribution in [0.2, 0.25) is 0 Å². The summed E-state index contributed by atoms with van der Waals surface area (Å²) < 4.78 is 0. The molecule has 1 fully saturated rings. The minimum absolute atomic E-state index is 0.180. The lowest BCUT2D eigenvalue weighted by molar-refractivity contribution is 0.510. The summed E-state index contributed by atoms with van der Waals surface area (Å²) in [6, 6.07) is 9.70. The van der Waals surface area contributed by atoms with Crippen molar-refractivity contribution in [3.05, 3.63) is 35.4 Å². The fourth-order valence-electron chi connectivity index (χ4n) is 1.99. The van der Waals surface area contributed by atoms with E-state index in [1.165, 1.54) is 0 Å². The molecule has 0 heterocycles. The van der Waals surface area contributed by atoms with E-state index in [1.54, 1.807) is 0 Å². The van der Waals surface area contributed by atoms with Crippen molar-refractivity contribution in [2.24, 2.45) is 11.1 Å². The van der Waals surface area contributed by atoms with E-state index in [-0.39, 0.29) is 11.0 Å². The van der Waals surface area contributed by atoms with Crippen molar-refractivity contribution in [2.45, 2.75) is 25.8 Å². The summed E-state index contributed by atoms with van der Waals surface area (Å²) in [7, 11) is 0. The minimum atomic E-state index is -0.180. The average Bonchev–Trinajstić information content (AvgIpc) is 2.68. The molecule has 72 valence electrons. The molecular weight excluding hydrogens is 172 g/mol. The summed E-state index contributed by atoms with van der Waals surface area (Å²) in [4.78, 5) is 0. The van der Waals surface area contributed by atoms with Crippen LogP contribution in [0.5, 0.6) is 0 Å². The monoisotopic (exact) mass is 186 g/mol. The van der Waals surface area contributed by atoms with Crippen LogP contribution in [0.15, 0.2) is 24.3 Å². The second kappa shape index (κ2) is 2.59. The van der Waals surface area contributed by atoms with Gasteiger partial charge in [0.25, 0.3) is 0 Å². The van der Waals surface area contributed by atoms with E-state index in [1.807, 2.05) is 24.3 Å². The first-order valence-corrected chi connectivity index (χ1v) is 4.79. The topological polar surface area (TPSA) is 49.8 Å².